The van der Waals surface area contributed by atoms with Crippen molar-refractivity contribution in [3.8, 4) is 0 Å². The first-order valence-electron chi connectivity index (χ1n) is 8.48. The number of imide groups is 2. The molecule has 1 aliphatic heterocycles. The largest absolute Gasteiger partial charge is 0.344 e. The first-order chi connectivity index (χ1) is 13.0. The molecule has 0 atom stereocenters. The molecule has 0 spiro atoms. The van der Waals surface area contributed by atoms with Gasteiger partial charge in [0, 0.05) is 23.6 Å². The molecule has 1 fully saturated rings. The van der Waals surface area contributed by atoms with E-state index in [1.807, 2.05) is 54.9 Å². The zero-order valence-electron chi connectivity index (χ0n) is 14.9. The molecule has 0 unspecified atom stereocenters. The summed E-state index contributed by atoms with van der Waals surface area (Å²) in [5.74, 6) is -1.33. The molecule has 2 heterocycles. The Kier molecular flexibility index (Phi) is 3.88. The van der Waals surface area contributed by atoms with Gasteiger partial charge in [-0.2, -0.15) is 0 Å². The van der Waals surface area contributed by atoms with Crippen LogP contribution >= 0.6 is 0 Å². The van der Waals surface area contributed by atoms with E-state index in [0.717, 1.165) is 21.4 Å². The van der Waals surface area contributed by atoms with E-state index in [-0.39, 0.29) is 5.57 Å². The Bertz CT molecular complexity index is 1140. The van der Waals surface area contributed by atoms with Crippen molar-refractivity contribution in [1.29, 1.82) is 0 Å². The van der Waals surface area contributed by atoms with E-state index in [1.165, 1.54) is 6.08 Å². The number of hydrogen-bond donors (Lipinski definition) is 1. The van der Waals surface area contributed by atoms with E-state index in [4.69, 9.17) is 0 Å². The smallest absolute Gasteiger partial charge is 0.335 e. The molecule has 4 rings (SSSR count). The van der Waals surface area contributed by atoms with Gasteiger partial charge in [0.15, 0.2) is 0 Å². The summed E-state index contributed by atoms with van der Waals surface area (Å²) in [4.78, 5) is 38.6. The average Bonchev–Trinajstić information content (AvgIpc) is 2.95. The fourth-order valence-corrected chi connectivity index (χ4v) is 3.26. The molecule has 1 aliphatic rings. The third-order valence-electron chi connectivity index (χ3n) is 4.64. The lowest BCUT2D eigenvalue weighted by atomic mass is 10.1. The van der Waals surface area contributed by atoms with Crippen molar-refractivity contribution in [2.45, 2.75) is 6.92 Å². The number of carbonyl (C=O) groups is 3. The molecule has 6 heteroatoms. The molecule has 2 aromatic carbocycles. The standard InChI is InChI=1S/C21H17N3O3/c1-13-6-5-8-15(10-13)24-20(26)17(19(25)22-21(24)27)12-16-11-14-7-3-4-9-18(14)23(16)2/h3-12H,1-2H3,(H,22,25,27)/b17-12+. The van der Waals surface area contributed by atoms with Crippen LogP contribution < -0.4 is 10.2 Å². The van der Waals surface area contributed by atoms with Crippen LogP contribution in [-0.4, -0.2) is 22.4 Å². The highest BCUT2D eigenvalue weighted by atomic mass is 16.2. The number of aromatic nitrogens is 1. The minimum atomic E-state index is -0.746. The summed E-state index contributed by atoms with van der Waals surface area (Å²) in [5.41, 5.74) is 2.94. The molecule has 0 saturated carbocycles. The number of anilines is 1. The number of rotatable bonds is 2. The monoisotopic (exact) mass is 359 g/mol. The van der Waals surface area contributed by atoms with Crippen molar-refractivity contribution < 1.29 is 14.4 Å². The second kappa shape index (κ2) is 6.25. The number of aryl methyl sites for hydroxylation is 2. The second-order valence-electron chi connectivity index (χ2n) is 6.48. The number of urea groups is 1. The number of nitrogens with zero attached hydrogens (tertiary/aromatic N) is 2. The van der Waals surface area contributed by atoms with Gasteiger partial charge in [-0.3, -0.25) is 14.9 Å². The third kappa shape index (κ3) is 2.81. The number of para-hydroxylation sites is 1. The van der Waals surface area contributed by atoms with Crippen molar-refractivity contribution in [3.63, 3.8) is 0 Å². The van der Waals surface area contributed by atoms with Gasteiger partial charge in [-0.1, -0.05) is 30.3 Å². The van der Waals surface area contributed by atoms with Crippen LogP contribution in [0.3, 0.4) is 0 Å². The van der Waals surface area contributed by atoms with Gasteiger partial charge >= 0.3 is 6.03 Å². The highest BCUT2D eigenvalue weighted by Crippen LogP contribution is 2.25. The first-order valence-corrected chi connectivity index (χ1v) is 8.48. The van der Waals surface area contributed by atoms with Crippen molar-refractivity contribution in [1.82, 2.24) is 9.88 Å². The van der Waals surface area contributed by atoms with Crippen LogP contribution in [0.5, 0.6) is 0 Å². The minimum Gasteiger partial charge on any atom is -0.344 e. The van der Waals surface area contributed by atoms with Crippen LogP contribution in [-0.2, 0) is 16.6 Å². The van der Waals surface area contributed by atoms with Crippen LogP contribution in [0.1, 0.15) is 11.3 Å². The van der Waals surface area contributed by atoms with E-state index in [0.29, 0.717) is 11.4 Å². The lowest BCUT2D eigenvalue weighted by Crippen LogP contribution is -2.54. The molecule has 6 nitrogen and oxygen atoms in total. The Morgan fingerprint density at radius 2 is 1.74 bits per heavy atom. The van der Waals surface area contributed by atoms with E-state index >= 15 is 0 Å². The van der Waals surface area contributed by atoms with Crippen LogP contribution in [0.15, 0.2) is 60.2 Å². The summed E-state index contributed by atoms with van der Waals surface area (Å²) in [6.45, 7) is 1.87. The first kappa shape index (κ1) is 16.8. The Morgan fingerprint density at radius 3 is 2.48 bits per heavy atom. The predicted molar refractivity (Wildman–Crippen MR) is 103 cm³/mol. The van der Waals surface area contributed by atoms with Crippen LogP contribution in [0, 0.1) is 6.92 Å². The molecule has 134 valence electrons. The van der Waals surface area contributed by atoms with Gasteiger partial charge in [-0.15, -0.1) is 0 Å². The SMILES string of the molecule is Cc1cccc(N2C(=O)NC(=O)/C(=C\c3cc4ccccc4n3C)C2=O)c1. The van der Waals surface area contributed by atoms with E-state index in [1.54, 1.807) is 18.2 Å². The summed E-state index contributed by atoms with van der Waals surface area (Å²) in [7, 11) is 1.86. The molecule has 27 heavy (non-hydrogen) atoms. The molecular weight excluding hydrogens is 342 g/mol. The Balaban J connectivity index is 1.80. The molecule has 1 N–H and O–H groups in total. The van der Waals surface area contributed by atoms with Crippen LogP contribution in [0.2, 0.25) is 0 Å². The highest BCUT2D eigenvalue weighted by molar-refractivity contribution is 6.39. The zero-order chi connectivity index (χ0) is 19.1. The maximum atomic E-state index is 13.0. The summed E-state index contributed by atoms with van der Waals surface area (Å²) in [5, 5.41) is 3.25. The van der Waals surface area contributed by atoms with E-state index < -0.39 is 17.8 Å². The Hall–Kier alpha value is -3.67. The Labute approximate surface area is 155 Å². The van der Waals surface area contributed by atoms with Crippen LogP contribution in [0.25, 0.3) is 17.0 Å². The number of benzene rings is 2. The lowest BCUT2D eigenvalue weighted by Gasteiger charge is -2.26. The topological polar surface area (TPSA) is 71.4 Å². The number of amides is 4. The fraction of sp³-hybridized carbons (Fsp3) is 0.0952. The maximum Gasteiger partial charge on any atom is 0.335 e. The summed E-state index contributed by atoms with van der Waals surface area (Å²) in [6.07, 6.45) is 1.52. The molecule has 0 bridgehead atoms. The van der Waals surface area contributed by atoms with Crippen LogP contribution in [0.4, 0.5) is 10.5 Å². The molecule has 4 amide bonds. The molecule has 0 radical (unpaired) electrons. The number of carbonyl (C=O) groups excluding carboxylic acids is 3. The molecule has 1 aromatic heterocycles. The average molecular weight is 359 g/mol. The number of fused-ring (bicyclic) bond motifs is 1. The van der Waals surface area contributed by atoms with Crippen molar-refractivity contribution in [2.75, 3.05) is 4.90 Å². The summed E-state index contributed by atoms with van der Waals surface area (Å²) >= 11 is 0. The van der Waals surface area contributed by atoms with Gasteiger partial charge in [-0.25, -0.2) is 9.69 Å². The van der Waals surface area contributed by atoms with Gasteiger partial charge in [0.2, 0.25) is 0 Å². The van der Waals surface area contributed by atoms with Gasteiger partial charge < -0.3 is 4.57 Å². The predicted octanol–water partition coefficient (Wildman–Crippen LogP) is 3.15. The highest BCUT2D eigenvalue weighted by Gasteiger charge is 2.37. The molecular formula is C21H17N3O3. The van der Waals surface area contributed by atoms with Gasteiger partial charge in [0.25, 0.3) is 11.8 Å². The third-order valence-corrected chi connectivity index (χ3v) is 4.64. The number of nitrogens with one attached hydrogen (secondary N) is 1. The number of hydrogen-bond acceptors (Lipinski definition) is 3. The van der Waals surface area contributed by atoms with E-state index in [9.17, 15) is 14.4 Å². The lowest BCUT2D eigenvalue weighted by molar-refractivity contribution is -0.122. The summed E-state index contributed by atoms with van der Waals surface area (Å²) in [6, 6.07) is 15.9. The van der Waals surface area contributed by atoms with Gasteiger partial charge in [0.1, 0.15) is 5.57 Å². The quantitative estimate of drug-likeness (QED) is 0.564. The maximum absolute atomic E-state index is 13.0. The normalized spacial score (nSPS) is 16.3. The zero-order valence-corrected chi connectivity index (χ0v) is 14.9. The minimum absolute atomic E-state index is 0.0815. The van der Waals surface area contributed by atoms with E-state index in [2.05, 4.69) is 5.32 Å². The molecule has 1 saturated heterocycles. The van der Waals surface area contributed by atoms with Crippen molar-refractivity contribution in [2.24, 2.45) is 7.05 Å². The number of barbiturate groups is 1. The molecule has 0 aliphatic carbocycles. The van der Waals surface area contributed by atoms with Crippen molar-refractivity contribution >= 4 is 40.5 Å². The second-order valence-corrected chi connectivity index (χ2v) is 6.48. The Morgan fingerprint density at radius 1 is 0.963 bits per heavy atom. The van der Waals surface area contributed by atoms with Gasteiger partial charge in [0.05, 0.1) is 5.69 Å². The van der Waals surface area contributed by atoms with Crippen molar-refractivity contribution in [3.05, 3.63) is 71.4 Å². The summed E-state index contributed by atoms with van der Waals surface area (Å²) < 4.78 is 1.90. The van der Waals surface area contributed by atoms with Gasteiger partial charge in [-0.05, 0) is 42.8 Å². The fourth-order valence-electron chi connectivity index (χ4n) is 3.26. The molecule has 3 aromatic rings.